The van der Waals surface area contributed by atoms with Gasteiger partial charge in [0, 0.05) is 89.3 Å². The maximum atomic E-state index is 14.1. The molecule has 0 saturated carbocycles. The number of nitrogens with zero attached hydrogens (tertiary/aromatic N) is 3. The van der Waals surface area contributed by atoms with Crippen molar-refractivity contribution in [1.29, 1.82) is 0 Å². The number of rotatable bonds is 12. The molecule has 1 aromatic carbocycles. The average molecular weight is 582 g/mol. The Morgan fingerprint density at radius 2 is 1.93 bits per heavy atom. The number of hydrogen-bond acceptors (Lipinski definition) is 5. The van der Waals surface area contributed by atoms with E-state index in [1.807, 2.05) is 30.6 Å². The van der Waals surface area contributed by atoms with Crippen LogP contribution in [-0.4, -0.2) is 97.3 Å². The van der Waals surface area contributed by atoms with Gasteiger partial charge in [-0.05, 0) is 63.6 Å². The van der Waals surface area contributed by atoms with Gasteiger partial charge in [0.1, 0.15) is 0 Å². The van der Waals surface area contributed by atoms with Crippen LogP contribution in [0, 0.1) is 11.8 Å². The lowest BCUT2D eigenvalue weighted by molar-refractivity contribution is -0.164. The fourth-order valence-electron chi connectivity index (χ4n) is 6.76. The number of carbonyl (C=O) groups is 4. The highest BCUT2D eigenvalue weighted by Crippen LogP contribution is 2.50. The zero-order chi connectivity index (χ0) is 30.6. The highest BCUT2D eigenvalue weighted by Gasteiger charge is 2.57. The van der Waals surface area contributed by atoms with Gasteiger partial charge in [-0.15, -0.1) is 0 Å². The summed E-state index contributed by atoms with van der Waals surface area (Å²) in [5, 5.41) is 3.99. The average Bonchev–Trinajstić information content (AvgIpc) is 3.35. The van der Waals surface area contributed by atoms with Gasteiger partial charge >= 0.3 is 0 Å². The van der Waals surface area contributed by atoms with Gasteiger partial charge < -0.3 is 29.7 Å². The highest BCUT2D eigenvalue weighted by molar-refractivity contribution is 5.93. The summed E-state index contributed by atoms with van der Waals surface area (Å²) in [6.45, 7) is 8.64. The Morgan fingerprint density at radius 1 is 1.19 bits per heavy atom. The van der Waals surface area contributed by atoms with Crippen LogP contribution in [0.2, 0.25) is 0 Å². The number of aromatic amines is 1. The van der Waals surface area contributed by atoms with Crippen LogP contribution >= 0.6 is 0 Å². The zero-order valence-corrected chi connectivity index (χ0v) is 26.0. The quantitative estimate of drug-likeness (QED) is 0.374. The van der Waals surface area contributed by atoms with Gasteiger partial charge in [0.2, 0.25) is 23.6 Å². The van der Waals surface area contributed by atoms with Gasteiger partial charge in [-0.2, -0.15) is 0 Å². The van der Waals surface area contributed by atoms with Crippen LogP contribution in [0.3, 0.4) is 0 Å². The molecule has 3 atom stereocenters. The first-order chi connectivity index (χ1) is 20.1. The van der Waals surface area contributed by atoms with Crippen molar-refractivity contribution in [1.82, 2.24) is 25.0 Å². The number of methoxy groups -OCH3 is 1. The first-order valence-corrected chi connectivity index (χ1v) is 15.3. The summed E-state index contributed by atoms with van der Waals surface area (Å²) in [6, 6.07) is 6.26. The summed E-state index contributed by atoms with van der Waals surface area (Å²) in [4.78, 5) is 62.0. The number of fused-ring (bicyclic) bond motifs is 5. The smallest absolute Gasteiger partial charge is 0.228 e. The van der Waals surface area contributed by atoms with Gasteiger partial charge in [0.05, 0.1) is 11.5 Å². The number of hydrogen-bond donors (Lipinski definition) is 2. The van der Waals surface area contributed by atoms with E-state index in [1.54, 1.807) is 26.1 Å². The van der Waals surface area contributed by atoms with Crippen LogP contribution < -0.4 is 5.32 Å². The zero-order valence-electron chi connectivity index (χ0n) is 26.0. The largest absolute Gasteiger partial charge is 0.385 e. The van der Waals surface area contributed by atoms with E-state index in [-0.39, 0.29) is 30.0 Å². The topological polar surface area (TPSA) is 115 Å². The summed E-state index contributed by atoms with van der Waals surface area (Å²) in [5.41, 5.74) is 3.20. The van der Waals surface area contributed by atoms with E-state index >= 15 is 0 Å². The summed E-state index contributed by atoms with van der Waals surface area (Å²) in [5.74, 6) is -1.20. The summed E-state index contributed by atoms with van der Waals surface area (Å²) >= 11 is 0. The van der Waals surface area contributed by atoms with Gasteiger partial charge in [-0.25, -0.2) is 0 Å². The summed E-state index contributed by atoms with van der Waals surface area (Å²) < 4.78 is 5.06. The van der Waals surface area contributed by atoms with Crippen LogP contribution in [0.4, 0.5) is 0 Å². The van der Waals surface area contributed by atoms with Crippen LogP contribution in [0.15, 0.2) is 18.2 Å². The predicted octanol–water partition coefficient (Wildman–Crippen LogP) is 2.84. The summed E-state index contributed by atoms with van der Waals surface area (Å²) in [6.07, 6.45) is 2.81. The van der Waals surface area contributed by atoms with Crippen LogP contribution in [0.1, 0.15) is 63.3 Å². The molecule has 2 N–H and O–H groups in total. The number of aryl methyl sites for hydroxylation is 1. The molecule has 0 radical (unpaired) electrons. The van der Waals surface area contributed by atoms with Crippen molar-refractivity contribution in [3.8, 4) is 0 Å². The van der Waals surface area contributed by atoms with Gasteiger partial charge in [-0.3, -0.25) is 19.2 Å². The Bertz CT molecular complexity index is 1320. The number of benzene rings is 1. The Labute approximate surface area is 249 Å². The van der Waals surface area contributed by atoms with E-state index in [4.69, 9.17) is 4.74 Å². The first kappa shape index (κ1) is 31.5. The number of piperidine rings is 1. The number of H-pyrrole nitrogens is 1. The molecule has 0 unspecified atom stereocenters. The van der Waals surface area contributed by atoms with E-state index in [9.17, 15) is 19.2 Å². The van der Waals surface area contributed by atoms with Crippen LogP contribution in [0.5, 0.6) is 0 Å². The lowest BCUT2D eigenvalue weighted by Crippen LogP contribution is -2.64. The third kappa shape index (κ3) is 6.04. The number of aromatic nitrogens is 1. The molecule has 42 heavy (non-hydrogen) atoms. The minimum Gasteiger partial charge on any atom is -0.385 e. The number of carbonyl (C=O) groups excluding carboxylic acids is 4. The minimum atomic E-state index is -0.865. The molecule has 10 heteroatoms. The molecule has 0 aliphatic carbocycles. The van der Waals surface area contributed by atoms with Gasteiger partial charge in [0.15, 0.2) is 0 Å². The highest BCUT2D eigenvalue weighted by atomic mass is 16.5. The molecule has 1 fully saturated rings. The SMILES string of the molecule is CCN(CC)C(=O)[C@H]1C[C@H](CC(=O)NCCCOC)C(=O)N2CCc3c([nH]c4cc(CCC(=O)N(C)C)ccc34)[C@]12C. The van der Waals surface area contributed by atoms with E-state index in [2.05, 4.69) is 28.5 Å². The second kappa shape index (κ2) is 13.3. The third-order valence-electron chi connectivity index (χ3n) is 9.22. The minimum absolute atomic E-state index is 0.0138. The number of ether oxygens (including phenoxy) is 1. The molecular formula is C32H47N5O5. The fraction of sp³-hybridized carbons (Fsp3) is 0.625. The molecule has 230 valence electrons. The van der Waals surface area contributed by atoms with Crippen molar-refractivity contribution >= 4 is 34.5 Å². The van der Waals surface area contributed by atoms with E-state index < -0.39 is 17.4 Å². The van der Waals surface area contributed by atoms with Crippen molar-refractivity contribution in [3.63, 3.8) is 0 Å². The molecule has 2 aliphatic rings. The van der Waals surface area contributed by atoms with E-state index in [0.29, 0.717) is 64.9 Å². The number of nitrogens with one attached hydrogen (secondary N) is 2. The lowest BCUT2D eigenvalue weighted by Gasteiger charge is -2.54. The van der Waals surface area contributed by atoms with E-state index in [1.165, 1.54) is 0 Å². The molecule has 3 heterocycles. The molecule has 4 rings (SSSR count). The van der Waals surface area contributed by atoms with Crippen molar-refractivity contribution in [2.45, 2.75) is 64.8 Å². The fourth-order valence-corrected chi connectivity index (χ4v) is 6.76. The van der Waals surface area contributed by atoms with Crippen molar-refractivity contribution in [2.75, 3.05) is 54.0 Å². The Kier molecular flexibility index (Phi) is 9.97. The molecule has 0 spiro atoms. The van der Waals surface area contributed by atoms with Gasteiger partial charge in [-0.1, -0.05) is 12.1 Å². The summed E-state index contributed by atoms with van der Waals surface area (Å²) in [7, 11) is 5.15. The standard InChI is InChI=1S/C32H47N5O5/c1-7-36(8-2)31(41)25-19-22(20-27(38)33-15-9-17-42-6)30(40)37-16-14-24-23-12-10-21(11-13-28(39)35(4)5)18-26(23)34-29(24)32(25,37)3/h10,12,18,22,25,34H,7-9,11,13-17,19-20H2,1-6H3,(H,33,38)/t22-,25-,32+/m1/s1. The second-order valence-corrected chi connectivity index (χ2v) is 11.9. The normalized spacial score (nSPS) is 21.6. The molecule has 1 aromatic heterocycles. The number of amides is 4. The first-order valence-electron chi connectivity index (χ1n) is 15.3. The van der Waals surface area contributed by atoms with Crippen LogP contribution in [0.25, 0.3) is 10.9 Å². The van der Waals surface area contributed by atoms with Crippen LogP contribution in [-0.2, 0) is 42.3 Å². The molecule has 2 aromatic rings. The molecule has 2 aliphatic heterocycles. The lowest BCUT2D eigenvalue weighted by atomic mass is 9.67. The maximum Gasteiger partial charge on any atom is 0.228 e. The second-order valence-electron chi connectivity index (χ2n) is 11.9. The monoisotopic (exact) mass is 581 g/mol. The van der Waals surface area contributed by atoms with E-state index in [0.717, 1.165) is 27.7 Å². The predicted molar refractivity (Wildman–Crippen MR) is 162 cm³/mol. The van der Waals surface area contributed by atoms with Crippen molar-refractivity contribution in [2.24, 2.45) is 11.8 Å². The molecule has 10 nitrogen and oxygen atoms in total. The molecular weight excluding hydrogens is 534 g/mol. The third-order valence-corrected chi connectivity index (χ3v) is 9.22. The Balaban J connectivity index is 1.68. The molecule has 1 saturated heterocycles. The Hall–Kier alpha value is -3.40. The van der Waals surface area contributed by atoms with Crippen molar-refractivity contribution in [3.05, 3.63) is 35.0 Å². The van der Waals surface area contributed by atoms with Crippen molar-refractivity contribution < 1.29 is 23.9 Å². The Morgan fingerprint density at radius 3 is 2.60 bits per heavy atom. The molecule has 4 amide bonds. The maximum absolute atomic E-state index is 14.1. The molecule has 0 bridgehead atoms. The van der Waals surface area contributed by atoms with Gasteiger partial charge in [0.25, 0.3) is 0 Å².